The topological polar surface area (TPSA) is 52.3 Å². The molecule has 0 fully saturated rings. The largest absolute Gasteiger partial charge is 0.465 e. The maximum atomic E-state index is 11.0. The van der Waals surface area contributed by atoms with Crippen molar-refractivity contribution in [1.82, 2.24) is 0 Å². The summed E-state index contributed by atoms with van der Waals surface area (Å²) in [6.45, 7) is 0. The highest BCUT2D eigenvalue weighted by atomic mass is 35.5. The highest BCUT2D eigenvalue weighted by Gasteiger charge is 2.09. The molecule has 0 atom stereocenters. The molecule has 2 N–H and O–H groups in total. The number of hydrogen-bond acceptors (Lipinski definition) is 3. The van der Waals surface area contributed by atoms with Crippen molar-refractivity contribution in [2.75, 3.05) is 12.8 Å². The van der Waals surface area contributed by atoms with Crippen molar-refractivity contribution >= 4 is 35.7 Å². The molecule has 0 saturated carbocycles. The number of nitrogen functional groups attached to an aromatic ring is 1. The van der Waals surface area contributed by atoms with Gasteiger partial charge in [-0.15, -0.1) is 12.4 Å². The van der Waals surface area contributed by atoms with E-state index in [4.69, 9.17) is 17.3 Å². The maximum absolute atomic E-state index is 11.0. The van der Waals surface area contributed by atoms with Gasteiger partial charge in [0.05, 0.1) is 17.7 Å². The van der Waals surface area contributed by atoms with Crippen LogP contribution in [0.25, 0.3) is 0 Å². The van der Waals surface area contributed by atoms with Crippen LogP contribution in [0.2, 0.25) is 5.02 Å². The number of carbonyl (C=O) groups excluding carboxylic acids is 1. The molecule has 0 saturated heterocycles. The molecule has 1 rings (SSSR count). The molecule has 5 heteroatoms. The van der Waals surface area contributed by atoms with Crippen LogP contribution >= 0.6 is 24.0 Å². The molecule has 0 aromatic heterocycles. The number of methoxy groups -OCH3 is 1. The van der Waals surface area contributed by atoms with Gasteiger partial charge >= 0.3 is 5.97 Å². The molecule has 0 bridgehead atoms. The summed E-state index contributed by atoms with van der Waals surface area (Å²) in [5, 5.41) is 0.344. The SMILES string of the molecule is COC(=O)c1cc(N)ccc1Cl.Cl. The van der Waals surface area contributed by atoms with Gasteiger partial charge in [-0.2, -0.15) is 0 Å². The van der Waals surface area contributed by atoms with E-state index in [2.05, 4.69) is 4.74 Å². The zero-order valence-electron chi connectivity index (χ0n) is 6.91. The molecular weight excluding hydrogens is 213 g/mol. The lowest BCUT2D eigenvalue weighted by Crippen LogP contribution is -2.02. The Morgan fingerprint density at radius 2 is 2.15 bits per heavy atom. The number of benzene rings is 1. The van der Waals surface area contributed by atoms with Crippen LogP contribution in [-0.4, -0.2) is 13.1 Å². The number of halogens is 2. The first kappa shape index (κ1) is 12.1. The van der Waals surface area contributed by atoms with E-state index in [1.807, 2.05) is 0 Å². The third-order valence-electron chi connectivity index (χ3n) is 1.40. The van der Waals surface area contributed by atoms with E-state index in [-0.39, 0.29) is 12.4 Å². The Balaban J connectivity index is 0.00000144. The summed E-state index contributed by atoms with van der Waals surface area (Å²) in [4.78, 5) is 11.0. The number of ether oxygens (including phenoxy) is 1. The van der Waals surface area contributed by atoms with Crippen molar-refractivity contribution in [1.29, 1.82) is 0 Å². The fourth-order valence-electron chi connectivity index (χ4n) is 0.809. The molecule has 13 heavy (non-hydrogen) atoms. The molecule has 0 radical (unpaired) electrons. The number of rotatable bonds is 1. The second-order valence-corrected chi connectivity index (χ2v) is 2.64. The van der Waals surface area contributed by atoms with E-state index >= 15 is 0 Å². The van der Waals surface area contributed by atoms with Crippen LogP contribution in [0, 0.1) is 0 Å². The van der Waals surface area contributed by atoms with Crippen molar-refractivity contribution < 1.29 is 9.53 Å². The fourth-order valence-corrected chi connectivity index (χ4v) is 1.00. The number of esters is 1. The van der Waals surface area contributed by atoms with E-state index in [1.54, 1.807) is 12.1 Å². The van der Waals surface area contributed by atoms with Crippen molar-refractivity contribution in [2.45, 2.75) is 0 Å². The minimum absolute atomic E-state index is 0. The number of carbonyl (C=O) groups is 1. The lowest BCUT2D eigenvalue weighted by molar-refractivity contribution is 0.0601. The molecule has 0 heterocycles. The number of anilines is 1. The Morgan fingerprint density at radius 1 is 1.54 bits per heavy atom. The second kappa shape index (κ2) is 4.94. The molecule has 1 aromatic carbocycles. The molecule has 1 aromatic rings. The first-order valence-electron chi connectivity index (χ1n) is 3.28. The van der Waals surface area contributed by atoms with Gasteiger partial charge in [0.25, 0.3) is 0 Å². The van der Waals surface area contributed by atoms with Gasteiger partial charge in [-0.3, -0.25) is 0 Å². The molecule has 0 amide bonds. The smallest absolute Gasteiger partial charge is 0.339 e. The van der Waals surface area contributed by atoms with Crippen LogP contribution in [0.5, 0.6) is 0 Å². The third kappa shape index (κ3) is 2.79. The molecule has 0 aliphatic heterocycles. The van der Waals surface area contributed by atoms with Crippen molar-refractivity contribution in [2.24, 2.45) is 0 Å². The van der Waals surface area contributed by atoms with Gasteiger partial charge in [-0.05, 0) is 18.2 Å². The van der Waals surface area contributed by atoms with E-state index in [1.165, 1.54) is 13.2 Å². The quantitative estimate of drug-likeness (QED) is 0.584. The molecular formula is C8H9Cl2NO2. The fraction of sp³-hybridized carbons (Fsp3) is 0.125. The lowest BCUT2D eigenvalue weighted by atomic mass is 10.2. The predicted octanol–water partition coefficient (Wildman–Crippen LogP) is 2.13. The standard InChI is InChI=1S/C8H8ClNO2.ClH/c1-12-8(11)6-4-5(10)2-3-7(6)9;/h2-4H,10H2,1H3;1H. The van der Waals surface area contributed by atoms with Crippen molar-refractivity contribution in [3.8, 4) is 0 Å². The van der Waals surface area contributed by atoms with Gasteiger partial charge in [-0.1, -0.05) is 11.6 Å². The highest BCUT2D eigenvalue weighted by molar-refractivity contribution is 6.33. The zero-order chi connectivity index (χ0) is 9.14. The number of hydrogen-bond donors (Lipinski definition) is 1. The van der Waals surface area contributed by atoms with E-state index < -0.39 is 5.97 Å². The van der Waals surface area contributed by atoms with Crippen LogP contribution in [0.15, 0.2) is 18.2 Å². The average molecular weight is 222 g/mol. The summed E-state index contributed by atoms with van der Waals surface area (Å²) in [5.74, 6) is -0.479. The summed E-state index contributed by atoms with van der Waals surface area (Å²) >= 11 is 5.71. The van der Waals surface area contributed by atoms with Crippen LogP contribution in [0.1, 0.15) is 10.4 Å². The van der Waals surface area contributed by atoms with E-state index in [0.29, 0.717) is 16.3 Å². The number of nitrogens with two attached hydrogens (primary N) is 1. The molecule has 3 nitrogen and oxygen atoms in total. The minimum atomic E-state index is -0.479. The van der Waals surface area contributed by atoms with E-state index in [0.717, 1.165) is 0 Å². The minimum Gasteiger partial charge on any atom is -0.465 e. The van der Waals surface area contributed by atoms with Crippen LogP contribution in [0.4, 0.5) is 5.69 Å². The Morgan fingerprint density at radius 3 is 2.69 bits per heavy atom. The first-order valence-corrected chi connectivity index (χ1v) is 3.66. The molecule has 72 valence electrons. The Hall–Kier alpha value is -0.930. The molecule has 0 aliphatic rings. The molecule has 0 aliphatic carbocycles. The Bertz CT molecular complexity index is 315. The van der Waals surface area contributed by atoms with Crippen molar-refractivity contribution in [3.63, 3.8) is 0 Å². The van der Waals surface area contributed by atoms with Crippen LogP contribution in [0.3, 0.4) is 0 Å². The maximum Gasteiger partial charge on any atom is 0.339 e. The molecule has 0 unspecified atom stereocenters. The summed E-state index contributed by atoms with van der Waals surface area (Å²) in [6, 6.07) is 4.66. The monoisotopic (exact) mass is 221 g/mol. The van der Waals surface area contributed by atoms with Gasteiger partial charge in [0, 0.05) is 5.69 Å². The van der Waals surface area contributed by atoms with E-state index in [9.17, 15) is 4.79 Å². The molecule has 0 spiro atoms. The Labute approximate surface area is 87.2 Å². The highest BCUT2D eigenvalue weighted by Crippen LogP contribution is 2.19. The van der Waals surface area contributed by atoms with Crippen LogP contribution < -0.4 is 5.73 Å². The van der Waals surface area contributed by atoms with Crippen LogP contribution in [-0.2, 0) is 4.74 Å². The summed E-state index contributed by atoms with van der Waals surface area (Å²) in [7, 11) is 1.29. The van der Waals surface area contributed by atoms with Crippen molar-refractivity contribution in [3.05, 3.63) is 28.8 Å². The van der Waals surface area contributed by atoms with Gasteiger partial charge < -0.3 is 10.5 Å². The normalized spacial score (nSPS) is 8.77. The van der Waals surface area contributed by atoms with Gasteiger partial charge in [0.15, 0.2) is 0 Å². The summed E-state index contributed by atoms with van der Waals surface area (Å²) in [5.41, 5.74) is 6.23. The van der Waals surface area contributed by atoms with Gasteiger partial charge in [0.1, 0.15) is 0 Å². The Kier molecular flexibility index (Phi) is 4.59. The third-order valence-corrected chi connectivity index (χ3v) is 1.73. The predicted molar refractivity (Wildman–Crippen MR) is 54.5 cm³/mol. The van der Waals surface area contributed by atoms with Gasteiger partial charge in [0.2, 0.25) is 0 Å². The first-order chi connectivity index (χ1) is 5.65. The van der Waals surface area contributed by atoms with Gasteiger partial charge in [-0.25, -0.2) is 4.79 Å². The second-order valence-electron chi connectivity index (χ2n) is 2.23. The summed E-state index contributed by atoms with van der Waals surface area (Å²) in [6.07, 6.45) is 0. The average Bonchev–Trinajstić information content (AvgIpc) is 2.08. The lowest BCUT2D eigenvalue weighted by Gasteiger charge is -2.02. The zero-order valence-corrected chi connectivity index (χ0v) is 8.48. The summed E-state index contributed by atoms with van der Waals surface area (Å²) < 4.78 is 4.49.